The van der Waals surface area contributed by atoms with E-state index in [1.807, 2.05) is 0 Å². The molecule has 0 aromatic heterocycles. The average molecular weight is 629 g/mol. The van der Waals surface area contributed by atoms with Crippen molar-refractivity contribution in [1.82, 2.24) is 0 Å². The second-order valence-corrected chi connectivity index (χ2v) is 15.2. The minimum absolute atomic E-state index is 0.0332. The van der Waals surface area contributed by atoms with Gasteiger partial charge in [-0.3, -0.25) is 14.4 Å². The van der Waals surface area contributed by atoms with Gasteiger partial charge >= 0.3 is 0 Å². The van der Waals surface area contributed by atoms with E-state index in [-0.39, 0.29) is 41.5 Å². The fourth-order valence-corrected chi connectivity index (χ4v) is 8.33. The van der Waals surface area contributed by atoms with Crippen LogP contribution in [0.5, 0.6) is 0 Å². The van der Waals surface area contributed by atoms with Crippen LogP contribution in [0.3, 0.4) is 0 Å². The van der Waals surface area contributed by atoms with E-state index in [0.717, 1.165) is 55.1 Å². The molecule has 254 valence electrons. The molecule has 1 fully saturated rings. The van der Waals surface area contributed by atoms with Crippen molar-refractivity contribution in [3.05, 3.63) is 58.1 Å². The normalized spacial score (nSPS) is 20.8. The van der Waals surface area contributed by atoms with Gasteiger partial charge in [0.2, 0.25) is 0 Å². The maximum Gasteiger partial charge on any atom is 0.163 e. The lowest BCUT2D eigenvalue weighted by atomic mass is 9.70. The van der Waals surface area contributed by atoms with E-state index in [9.17, 15) is 14.4 Å². The number of rotatable bonds is 13. The summed E-state index contributed by atoms with van der Waals surface area (Å²) in [6.07, 6.45) is 12.9. The molecule has 0 aliphatic heterocycles. The molecule has 0 amide bonds. The molecule has 0 N–H and O–H groups in total. The van der Waals surface area contributed by atoms with Gasteiger partial charge in [0.1, 0.15) is 11.6 Å². The highest BCUT2D eigenvalue weighted by Crippen LogP contribution is 2.42. The Morgan fingerprint density at radius 2 is 1.54 bits per heavy atom. The Hall–Kier alpha value is -2.55. The van der Waals surface area contributed by atoms with Crippen LogP contribution >= 0.6 is 0 Å². The molecule has 3 heteroatoms. The molecule has 0 radical (unpaired) electrons. The molecule has 4 rings (SSSR count). The first-order chi connectivity index (χ1) is 21.9. The van der Waals surface area contributed by atoms with E-state index in [0.29, 0.717) is 12.3 Å². The zero-order valence-electron chi connectivity index (χ0n) is 30.8. The molecule has 1 saturated carbocycles. The van der Waals surface area contributed by atoms with Crippen LogP contribution in [-0.4, -0.2) is 17.3 Å². The predicted octanol–water partition coefficient (Wildman–Crippen LogP) is 11.7. The van der Waals surface area contributed by atoms with Crippen molar-refractivity contribution in [3.63, 3.8) is 0 Å². The second kappa shape index (κ2) is 18.1. The van der Waals surface area contributed by atoms with Gasteiger partial charge in [-0.25, -0.2) is 0 Å². The summed E-state index contributed by atoms with van der Waals surface area (Å²) in [5.74, 6) is 2.65. The van der Waals surface area contributed by atoms with Gasteiger partial charge in [-0.15, -0.1) is 0 Å². The third kappa shape index (κ3) is 9.98. The highest BCUT2D eigenvalue weighted by atomic mass is 16.1. The van der Waals surface area contributed by atoms with E-state index in [1.54, 1.807) is 0 Å². The first-order valence-corrected chi connectivity index (χ1v) is 18.7. The number of ketones is 3. The first kappa shape index (κ1) is 37.9. The smallest absolute Gasteiger partial charge is 0.163 e. The van der Waals surface area contributed by atoms with Crippen LogP contribution in [0.15, 0.2) is 30.3 Å². The molecule has 0 saturated heterocycles. The van der Waals surface area contributed by atoms with Crippen molar-refractivity contribution in [2.45, 2.75) is 152 Å². The quantitative estimate of drug-likeness (QED) is 0.207. The zero-order valence-corrected chi connectivity index (χ0v) is 30.8. The Kier molecular flexibility index (Phi) is 14.9. The minimum Gasteiger partial charge on any atom is -0.300 e. The lowest BCUT2D eigenvalue weighted by Gasteiger charge is -2.33. The Labute approximate surface area is 281 Å². The van der Waals surface area contributed by atoms with Gasteiger partial charge in [0, 0.05) is 17.9 Å². The van der Waals surface area contributed by atoms with Crippen molar-refractivity contribution >= 4 is 17.3 Å². The summed E-state index contributed by atoms with van der Waals surface area (Å²) in [5.41, 5.74) is 8.41. The summed E-state index contributed by atoms with van der Waals surface area (Å²) in [6.45, 7) is 19.0. The highest BCUT2D eigenvalue weighted by Gasteiger charge is 2.35. The third-order valence-electron chi connectivity index (χ3n) is 10.7. The maximum atomic E-state index is 13.9. The molecule has 2 aliphatic rings. The zero-order chi connectivity index (χ0) is 34.0. The lowest BCUT2D eigenvalue weighted by molar-refractivity contribution is -0.129. The van der Waals surface area contributed by atoms with E-state index in [4.69, 9.17) is 0 Å². The summed E-state index contributed by atoms with van der Waals surface area (Å²) in [5, 5.41) is 0. The molecule has 2 aliphatic carbocycles. The van der Waals surface area contributed by atoms with Crippen LogP contribution in [0, 0.1) is 36.5 Å². The number of carbonyl (C=O) groups is 3. The Morgan fingerprint density at radius 3 is 2.09 bits per heavy atom. The molecule has 3 atom stereocenters. The van der Waals surface area contributed by atoms with Crippen LogP contribution in [-0.2, 0) is 22.4 Å². The van der Waals surface area contributed by atoms with Crippen molar-refractivity contribution in [2.75, 3.05) is 0 Å². The maximum absolute atomic E-state index is 13.9. The first-order valence-electron chi connectivity index (χ1n) is 18.7. The largest absolute Gasteiger partial charge is 0.300 e. The number of Topliss-reactive ketones (excluding diaryl/α,β-unsaturated/α-hetero) is 3. The van der Waals surface area contributed by atoms with Crippen LogP contribution in [0.4, 0.5) is 0 Å². The summed E-state index contributed by atoms with van der Waals surface area (Å²) < 4.78 is 0. The summed E-state index contributed by atoms with van der Waals surface area (Å²) in [4.78, 5) is 38.7. The van der Waals surface area contributed by atoms with E-state index < -0.39 is 0 Å². The molecule has 0 bridgehead atoms. The van der Waals surface area contributed by atoms with Gasteiger partial charge in [-0.05, 0) is 115 Å². The molecule has 2 aromatic rings. The van der Waals surface area contributed by atoms with E-state index in [1.165, 1.54) is 73.3 Å². The summed E-state index contributed by atoms with van der Waals surface area (Å²) in [7, 11) is 0. The van der Waals surface area contributed by atoms with Crippen LogP contribution in [0.1, 0.15) is 165 Å². The molecule has 2 aromatic carbocycles. The molecule has 3 nitrogen and oxygen atoms in total. The SMILES string of the molecule is CCC.CCCC(CC1CC(=O)c2c(C)c(-c3ccc(CC4CCC(C)CC4)cc3)cc(C(C)C)c2C1)C(CC)C(=O)CC(C)=O. The number of fused-ring (bicyclic) bond motifs is 1. The lowest BCUT2D eigenvalue weighted by Crippen LogP contribution is -2.30. The average Bonchev–Trinajstić information content (AvgIpc) is 2.99. The number of hydrogen-bond acceptors (Lipinski definition) is 3. The van der Waals surface area contributed by atoms with Gasteiger partial charge in [-0.2, -0.15) is 0 Å². The number of hydrogen-bond donors (Lipinski definition) is 0. The molecular formula is C43H64O3. The topological polar surface area (TPSA) is 51.2 Å². The summed E-state index contributed by atoms with van der Waals surface area (Å²) in [6, 6.07) is 11.5. The predicted molar refractivity (Wildman–Crippen MR) is 195 cm³/mol. The Bertz CT molecular complexity index is 1290. The fraction of sp³-hybridized carbons (Fsp3) is 0.651. The Morgan fingerprint density at radius 1 is 0.913 bits per heavy atom. The van der Waals surface area contributed by atoms with Crippen molar-refractivity contribution in [1.29, 1.82) is 0 Å². The fourth-order valence-electron chi connectivity index (χ4n) is 8.33. The van der Waals surface area contributed by atoms with Crippen molar-refractivity contribution in [2.24, 2.45) is 29.6 Å². The van der Waals surface area contributed by atoms with Gasteiger partial charge in [0.25, 0.3) is 0 Å². The Balaban J connectivity index is 0.00000185. The van der Waals surface area contributed by atoms with Crippen molar-refractivity contribution in [3.8, 4) is 11.1 Å². The monoisotopic (exact) mass is 628 g/mol. The van der Waals surface area contributed by atoms with Gasteiger partial charge in [-0.1, -0.05) is 111 Å². The number of carbonyl (C=O) groups excluding carboxylic acids is 3. The van der Waals surface area contributed by atoms with E-state index in [2.05, 4.69) is 85.7 Å². The highest BCUT2D eigenvalue weighted by molar-refractivity contribution is 6.02. The molecule has 46 heavy (non-hydrogen) atoms. The van der Waals surface area contributed by atoms with Crippen LogP contribution < -0.4 is 0 Å². The molecular weight excluding hydrogens is 564 g/mol. The molecule has 0 heterocycles. The van der Waals surface area contributed by atoms with E-state index >= 15 is 0 Å². The molecule has 3 unspecified atom stereocenters. The van der Waals surface area contributed by atoms with Gasteiger partial charge in [0.05, 0.1) is 6.42 Å². The summed E-state index contributed by atoms with van der Waals surface area (Å²) >= 11 is 0. The second-order valence-electron chi connectivity index (χ2n) is 15.2. The number of benzene rings is 2. The standard InChI is InChI=1S/C40H56O3.C3H8/c1-8-10-33(34(9-2)38(42)19-27(6)41)21-31-22-37-35(25(3)4)24-36(28(7)40(37)39(43)23-31)32-17-15-30(16-18-32)20-29-13-11-26(5)12-14-29;1-3-2/h15-18,24-26,29,31,33-34H,8-14,19-23H2,1-7H3;3H2,1-2H3. The third-order valence-corrected chi connectivity index (χ3v) is 10.7. The van der Waals surface area contributed by atoms with Gasteiger partial charge < -0.3 is 0 Å². The minimum atomic E-state index is -0.0984. The molecule has 0 spiro atoms. The van der Waals surface area contributed by atoms with Crippen LogP contribution in [0.25, 0.3) is 11.1 Å². The van der Waals surface area contributed by atoms with Gasteiger partial charge in [0.15, 0.2) is 5.78 Å². The van der Waals surface area contributed by atoms with Crippen LogP contribution in [0.2, 0.25) is 0 Å². The van der Waals surface area contributed by atoms with Crippen molar-refractivity contribution < 1.29 is 14.4 Å².